The number of nitrogens with zero attached hydrogens (tertiary/aromatic N) is 5. The van der Waals surface area contributed by atoms with E-state index < -0.39 is 0 Å². The van der Waals surface area contributed by atoms with Gasteiger partial charge in [-0.05, 0) is 61.4 Å². The molecule has 1 aliphatic heterocycles. The van der Waals surface area contributed by atoms with Crippen LogP contribution in [0.1, 0.15) is 30.0 Å². The van der Waals surface area contributed by atoms with Crippen molar-refractivity contribution >= 4 is 22.8 Å². The number of hydrogen-bond acceptors (Lipinski definition) is 4. The summed E-state index contributed by atoms with van der Waals surface area (Å²) in [6.07, 6.45) is 1.54. The Morgan fingerprint density at radius 1 is 1.00 bits per heavy atom. The number of aromatic nitrogens is 4. The van der Waals surface area contributed by atoms with E-state index in [1.165, 1.54) is 25.8 Å². The summed E-state index contributed by atoms with van der Waals surface area (Å²) < 4.78 is 4.90. The molecular formula is C27H31N5O2. The number of anilines is 2. The van der Waals surface area contributed by atoms with Crippen LogP contribution in [0.2, 0.25) is 0 Å². The maximum absolute atomic E-state index is 13.6. The van der Waals surface area contributed by atoms with Crippen LogP contribution in [-0.2, 0) is 26.6 Å². The van der Waals surface area contributed by atoms with Gasteiger partial charge in [-0.1, -0.05) is 43.3 Å². The third-order valence-electron chi connectivity index (χ3n) is 6.93. The lowest BCUT2D eigenvalue weighted by molar-refractivity contribution is 0.457. The highest BCUT2D eigenvalue weighted by Gasteiger charge is 2.29. The van der Waals surface area contributed by atoms with E-state index in [0.29, 0.717) is 30.2 Å². The Morgan fingerprint density at radius 2 is 1.76 bits per heavy atom. The summed E-state index contributed by atoms with van der Waals surface area (Å²) in [5.74, 6) is 1.06. The molecule has 0 radical (unpaired) electrons. The fourth-order valence-electron chi connectivity index (χ4n) is 4.90. The van der Waals surface area contributed by atoms with Crippen LogP contribution < -0.4 is 16.1 Å². The van der Waals surface area contributed by atoms with E-state index in [1.54, 1.807) is 7.05 Å². The number of benzene rings is 2. The number of hydrogen-bond donors (Lipinski definition) is 0. The third kappa shape index (κ3) is 3.75. The van der Waals surface area contributed by atoms with E-state index in [9.17, 15) is 9.59 Å². The Balaban J connectivity index is 1.58. The highest BCUT2D eigenvalue weighted by Crippen LogP contribution is 2.33. The zero-order valence-electron chi connectivity index (χ0n) is 20.3. The van der Waals surface area contributed by atoms with Gasteiger partial charge in [0, 0.05) is 32.4 Å². The second kappa shape index (κ2) is 8.63. The van der Waals surface area contributed by atoms with Gasteiger partial charge in [0.15, 0.2) is 11.2 Å². The van der Waals surface area contributed by atoms with Gasteiger partial charge in [-0.25, -0.2) is 4.79 Å². The van der Waals surface area contributed by atoms with Crippen LogP contribution in [0.25, 0.3) is 11.2 Å². The summed E-state index contributed by atoms with van der Waals surface area (Å²) >= 11 is 0. The molecule has 0 N–H and O–H groups in total. The summed E-state index contributed by atoms with van der Waals surface area (Å²) in [4.78, 5) is 33.7. The zero-order valence-corrected chi connectivity index (χ0v) is 20.3. The molecule has 0 saturated heterocycles. The van der Waals surface area contributed by atoms with E-state index >= 15 is 0 Å². The summed E-state index contributed by atoms with van der Waals surface area (Å²) in [5.41, 5.74) is 5.11. The van der Waals surface area contributed by atoms with Crippen molar-refractivity contribution in [3.8, 4) is 0 Å². The lowest BCUT2D eigenvalue weighted by atomic mass is 10.1. The number of fused-ring (bicyclic) bond motifs is 3. The normalized spacial score (nSPS) is 15.6. The van der Waals surface area contributed by atoms with E-state index in [4.69, 9.17) is 4.98 Å². The first-order valence-corrected chi connectivity index (χ1v) is 11.9. The van der Waals surface area contributed by atoms with Gasteiger partial charge in [0.1, 0.15) is 0 Å². The average Bonchev–Trinajstić information content (AvgIpc) is 3.21. The molecule has 1 aliphatic rings. The molecule has 3 heterocycles. The van der Waals surface area contributed by atoms with Crippen molar-refractivity contribution in [3.05, 3.63) is 86.1 Å². The molecular weight excluding hydrogens is 426 g/mol. The van der Waals surface area contributed by atoms with Crippen molar-refractivity contribution in [3.63, 3.8) is 0 Å². The molecule has 0 unspecified atom stereocenters. The van der Waals surface area contributed by atoms with Crippen molar-refractivity contribution in [2.24, 2.45) is 13.0 Å². The van der Waals surface area contributed by atoms with Gasteiger partial charge in [0.2, 0.25) is 5.95 Å². The standard InChI is InChI=1S/C27H31N5O2/c1-18-16-31(22-13-12-19(2)20(3)15-22)26-28-24-23(32(26)17-18)25(33)30(27(34)29(24)4)14-8-11-21-9-6-5-7-10-21/h5-7,9-10,12-13,15,18H,8,11,14,16-17H2,1-4H3/t18-/m0/s1. The molecule has 2 aromatic heterocycles. The Kier molecular flexibility index (Phi) is 5.63. The van der Waals surface area contributed by atoms with Crippen molar-refractivity contribution in [2.45, 2.75) is 46.7 Å². The molecule has 0 saturated carbocycles. The molecule has 0 spiro atoms. The molecule has 2 aromatic carbocycles. The lowest BCUT2D eigenvalue weighted by Gasteiger charge is -2.33. The Morgan fingerprint density at radius 3 is 2.50 bits per heavy atom. The van der Waals surface area contributed by atoms with Gasteiger partial charge < -0.3 is 9.47 Å². The minimum Gasteiger partial charge on any atom is -0.312 e. The Bertz CT molecular complexity index is 1480. The maximum atomic E-state index is 13.6. The second-order valence-corrected chi connectivity index (χ2v) is 9.57. The van der Waals surface area contributed by atoms with Crippen molar-refractivity contribution < 1.29 is 0 Å². The molecule has 34 heavy (non-hydrogen) atoms. The molecule has 0 fully saturated rings. The Labute approximate surface area is 198 Å². The van der Waals surface area contributed by atoms with Crippen LogP contribution in [-0.4, -0.2) is 25.2 Å². The van der Waals surface area contributed by atoms with E-state index in [1.807, 2.05) is 22.8 Å². The lowest BCUT2D eigenvalue weighted by Crippen LogP contribution is -2.40. The van der Waals surface area contributed by atoms with E-state index in [-0.39, 0.29) is 11.2 Å². The molecule has 176 valence electrons. The molecule has 5 rings (SSSR count). The predicted octanol–water partition coefficient (Wildman–Crippen LogP) is 3.93. The minimum absolute atomic E-state index is 0.251. The maximum Gasteiger partial charge on any atom is 0.332 e. The van der Waals surface area contributed by atoms with Crippen molar-refractivity contribution in [1.82, 2.24) is 18.7 Å². The van der Waals surface area contributed by atoms with Gasteiger partial charge in [0.25, 0.3) is 5.56 Å². The monoisotopic (exact) mass is 457 g/mol. The van der Waals surface area contributed by atoms with Gasteiger partial charge in [-0.3, -0.25) is 13.9 Å². The van der Waals surface area contributed by atoms with Crippen molar-refractivity contribution in [2.75, 3.05) is 11.4 Å². The summed E-state index contributed by atoms with van der Waals surface area (Å²) in [7, 11) is 1.71. The molecule has 0 bridgehead atoms. The fraction of sp³-hybridized carbons (Fsp3) is 0.370. The van der Waals surface area contributed by atoms with Gasteiger partial charge in [-0.2, -0.15) is 4.98 Å². The van der Waals surface area contributed by atoms with Crippen molar-refractivity contribution in [1.29, 1.82) is 0 Å². The highest BCUT2D eigenvalue weighted by molar-refractivity contribution is 5.77. The molecule has 0 aliphatic carbocycles. The van der Waals surface area contributed by atoms with E-state index in [2.05, 4.69) is 56.0 Å². The van der Waals surface area contributed by atoms with Crippen LogP contribution in [0.4, 0.5) is 11.6 Å². The minimum atomic E-state index is -0.313. The average molecular weight is 458 g/mol. The van der Waals surface area contributed by atoms with Crippen LogP contribution in [0.15, 0.2) is 58.1 Å². The quantitative estimate of drug-likeness (QED) is 0.455. The SMILES string of the molecule is Cc1ccc(N2C[C@H](C)Cn3c2nc2c3c(=O)n(CCCc3ccccc3)c(=O)n2C)cc1C. The number of aryl methyl sites for hydroxylation is 4. The highest BCUT2D eigenvalue weighted by atomic mass is 16.2. The fourth-order valence-corrected chi connectivity index (χ4v) is 4.90. The molecule has 1 atom stereocenters. The van der Waals surface area contributed by atoms with Gasteiger partial charge in [0.05, 0.1) is 0 Å². The summed E-state index contributed by atoms with van der Waals surface area (Å²) in [6.45, 7) is 8.28. The van der Waals surface area contributed by atoms with Gasteiger partial charge >= 0.3 is 5.69 Å². The van der Waals surface area contributed by atoms with Crippen LogP contribution in [0.5, 0.6) is 0 Å². The number of imidazole rings is 1. The first-order chi connectivity index (χ1) is 16.3. The topological polar surface area (TPSA) is 65.1 Å². The van der Waals surface area contributed by atoms with Crippen LogP contribution in [0.3, 0.4) is 0 Å². The Hall–Kier alpha value is -3.61. The first-order valence-electron chi connectivity index (χ1n) is 11.9. The molecule has 7 nitrogen and oxygen atoms in total. The molecule has 7 heteroatoms. The van der Waals surface area contributed by atoms with Crippen LogP contribution in [0, 0.1) is 19.8 Å². The van der Waals surface area contributed by atoms with E-state index in [0.717, 1.165) is 31.0 Å². The smallest absolute Gasteiger partial charge is 0.312 e. The number of rotatable bonds is 5. The molecule has 4 aromatic rings. The van der Waals surface area contributed by atoms with Gasteiger partial charge in [-0.15, -0.1) is 0 Å². The largest absolute Gasteiger partial charge is 0.332 e. The third-order valence-corrected chi connectivity index (χ3v) is 6.93. The summed E-state index contributed by atoms with van der Waals surface area (Å²) in [5, 5.41) is 0. The zero-order chi connectivity index (χ0) is 24.0. The van der Waals surface area contributed by atoms with Crippen LogP contribution >= 0.6 is 0 Å². The summed E-state index contributed by atoms with van der Waals surface area (Å²) in [6, 6.07) is 16.5. The predicted molar refractivity (Wildman–Crippen MR) is 136 cm³/mol. The molecule has 0 amide bonds. The first kappa shape index (κ1) is 22.2. The second-order valence-electron chi connectivity index (χ2n) is 9.57.